The average Bonchev–Trinajstić information content (AvgIpc) is 2.99. The smallest absolute Gasteiger partial charge is 0.344 e. The third-order valence-electron chi connectivity index (χ3n) is 3.23. The fourth-order valence-electron chi connectivity index (χ4n) is 1.96. The van der Waals surface area contributed by atoms with E-state index in [4.69, 9.17) is 9.26 Å². The number of aromatic nitrogens is 1. The molecule has 2 N–H and O–H groups in total. The van der Waals surface area contributed by atoms with Crippen LogP contribution in [0.4, 0.5) is 0 Å². The van der Waals surface area contributed by atoms with Gasteiger partial charge in [0.2, 0.25) is 0 Å². The van der Waals surface area contributed by atoms with Crippen molar-refractivity contribution in [2.45, 2.75) is 20.3 Å². The summed E-state index contributed by atoms with van der Waals surface area (Å²) in [7, 11) is 0. The molecule has 0 saturated heterocycles. The Hall–Kier alpha value is -2.68. The van der Waals surface area contributed by atoms with Crippen LogP contribution >= 0.6 is 15.9 Å². The molecule has 132 valence electrons. The van der Waals surface area contributed by atoms with E-state index in [2.05, 4.69) is 31.9 Å². The van der Waals surface area contributed by atoms with Gasteiger partial charge in [0.05, 0.1) is 5.69 Å². The molecule has 1 aromatic carbocycles. The fraction of sp³-hybridized carbons (Fsp3) is 0.250. The summed E-state index contributed by atoms with van der Waals surface area (Å²) < 4.78 is 10.7. The van der Waals surface area contributed by atoms with E-state index in [1.54, 1.807) is 31.2 Å². The van der Waals surface area contributed by atoms with Gasteiger partial charge in [-0.25, -0.2) is 4.79 Å². The largest absolute Gasteiger partial charge is 0.452 e. The number of carbonyl (C=O) groups excluding carboxylic acids is 3. The minimum Gasteiger partial charge on any atom is -0.452 e. The van der Waals surface area contributed by atoms with Gasteiger partial charge in [-0.05, 0) is 37.6 Å². The molecule has 0 aliphatic heterocycles. The number of rotatable bonds is 5. The molecule has 0 aliphatic carbocycles. The highest BCUT2D eigenvalue weighted by Gasteiger charge is 2.21. The molecule has 2 amide bonds. The fourth-order valence-corrected chi connectivity index (χ4v) is 2.22. The lowest BCUT2D eigenvalue weighted by molar-refractivity contribution is -0.125. The molecule has 0 unspecified atom stereocenters. The summed E-state index contributed by atoms with van der Waals surface area (Å²) in [6, 6.07) is 6.58. The first-order chi connectivity index (χ1) is 11.9. The number of aryl methyl sites for hydroxylation is 2. The van der Waals surface area contributed by atoms with Crippen LogP contribution in [0.3, 0.4) is 0 Å². The Morgan fingerprint density at radius 1 is 1.20 bits per heavy atom. The van der Waals surface area contributed by atoms with Crippen LogP contribution in [0.2, 0.25) is 0 Å². The van der Waals surface area contributed by atoms with Crippen LogP contribution in [0.15, 0.2) is 33.3 Å². The second kappa shape index (κ2) is 8.43. The second-order valence-electron chi connectivity index (χ2n) is 5.00. The first-order valence-corrected chi connectivity index (χ1v) is 8.18. The summed E-state index contributed by atoms with van der Waals surface area (Å²) in [4.78, 5) is 35.5. The molecule has 0 fully saturated rings. The van der Waals surface area contributed by atoms with E-state index in [-0.39, 0.29) is 5.56 Å². The minimum absolute atomic E-state index is 0.217. The Labute approximate surface area is 152 Å². The van der Waals surface area contributed by atoms with Gasteiger partial charge in [-0.1, -0.05) is 28.0 Å². The molecule has 25 heavy (non-hydrogen) atoms. The summed E-state index contributed by atoms with van der Waals surface area (Å²) in [6.45, 7) is 2.85. The molecular formula is C16H16BrN3O5. The van der Waals surface area contributed by atoms with E-state index in [9.17, 15) is 14.4 Å². The number of benzene rings is 1. The molecule has 2 aromatic rings. The molecular weight excluding hydrogens is 394 g/mol. The standard InChI is InChI=1S/C16H16BrN3O5/c1-3-12-14(9(2)25-20-12)16(23)24-8-13(21)18-19-15(22)10-4-6-11(17)7-5-10/h4-7H,3,8H2,1-2H3,(H,18,21)(H,19,22). The van der Waals surface area contributed by atoms with Crippen molar-refractivity contribution in [1.29, 1.82) is 0 Å². The quantitative estimate of drug-likeness (QED) is 0.576. The summed E-state index contributed by atoms with van der Waals surface area (Å²) in [5, 5.41) is 3.74. The molecule has 0 atom stereocenters. The van der Waals surface area contributed by atoms with E-state index in [1.807, 2.05) is 6.92 Å². The van der Waals surface area contributed by atoms with Gasteiger partial charge in [0.25, 0.3) is 11.8 Å². The van der Waals surface area contributed by atoms with Crippen LogP contribution in [0.5, 0.6) is 0 Å². The van der Waals surface area contributed by atoms with Crippen molar-refractivity contribution < 1.29 is 23.6 Å². The van der Waals surface area contributed by atoms with Crippen LogP contribution in [0, 0.1) is 6.92 Å². The summed E-state index contributed by atoms with van der Waals surface area (Å²) >= 11 is 3.26. The second-order valence-corrected chi connectivity index (χ2v) is 5.92. The summed E-state index contributed by atoms with van der Waals surface area (Å²) in [6.07, 6.45) is 0.497. The van der Waals surface area contributed by atoms with Gasteiger partial charge < -0.3 is 9.26 Å². The number of hydrogen-bond donors (Lipinski definition) is 2. The van der Waals surface area contributed by atoms with Crippen LogP contribution in [0.1, 0.15) is 39.1 Å². The number of hydrazine groups is 1. The van der Waals surface area contributed by atoms with Crippen molar-refractivity contribution in [1.82, 2.24) is 16.0 Å². The number of ether oxygens (including phenoxy) is 1. The van der Waals surface area contributed by atoms with Crippen molar-refractivity contribution in [2.24, 2.45) is 0 Å². The monoisotopic (exact) mass is 409 g/mol. The number of hydrogen-bond acceptors (Lipinski definition) is 6. The van der Waals surface area contributed by atoms with E-state index in [0.29, 0.717) is 23.4 Å². The van der Waals surface area contributed by atoms with Gasteiger partial charge in [0, 0.05) is 10.0 Å². The SMILES string of the molecule is CCc1noc(C)c1C(=O)OCC(=O)NNC(=O)c1ccc(Br)cc1. The van der Waals surface area contributed by atoms with Gasteiger partial charge in [0.15, 0.2) is 6.61 Å². The summed E-state index contributed by atoms with van der Waals surface area (Å²) in [5.41, 5.74) is 5.46. The van der Waals surface area contributed by atoms with Gasteiger partial charge in [-0.2, -0.15) is 0 Å². The van der Waals surface area contributed by atoms with E-state index < -0.39 is 24.4 Å². The predicted octanol–water partition coefficient (Wildman–Crippen LogP) is 1.93. The van der Waals surface area contributed by atoms with Crippen molar-refractivity contribution in [3.05, 3.63) is 51.3 Å². The Bertz CT molecular complexity index is 786. The van der Waals surface area contributed by atoms with Crippen molar-refractivity contribution in [3.63, 3.8) is 0 Å². The Kier molecular flexibility index (Phi) is 6.29. The number of amides is 2. The molecule has 0 saturated carbocycles. The van der Waals surface area contributed by atoms with E-state index >= 15 is 0 Å². The first-order valence-electron chi connectivity index (χ1n) is 7.39. The maximum absolute atomic E-state index is 12.0. The topological polar surface area (TPSA) is 111 Å². The van der Waals surface area contributed by atoms with Gasteiger partial charge >= 0.3 is 5.97 Å². The van der Waals surface area contributed by atoms with Gasteiger partial charge in [-0.3, -0.25) is 20.4 Å². The molecule has 0 bridgehead atoms. The Morgan fingerprint density at radius 3 is 2.52 bits per heavy atom. The maximum Gasteiger partial charge on any atom is 0.344 e. The van der Waals surface area contributed by atoms with Gasteiger partial charge in [0.1, 0.15) is 11.3 Å². The molecule has 1 aromatic heterocycles. The zero-order valence-corrected chi connectivity index (χ0v) is 15.2. The summed E-state index contributed by atoms with van der Waals surface area (Å²) in [5.74, 6) is -1.54. The average molecular weight is 410 g/mol. The maximum atomic E-state index is 12.0. The lowest BCUT2D eigenvalue weighted by atomic mass is 10.1. The van der Waals surface area contributed by atoms with Crippen molar-refractivity contribution in [2.75, 3.05) is 6.61 Å². The highest BCUT2D eigenvalue weighted by atomic mass is 79.9. The molecule has 2 rings (SSSR count). The third kappa shape index (κ3) is 4.90. The first kappa shape index (κ1) is 18.7. The Morgan fingerprint density at radius 2 is 1.88 bits per heavy atom. The molecule has 0 radical (unpaired) electrons. The molecule has 8 nitrogen and oxygen atoms in total. The molecule has 0 spiro atoms. The zero-order valence-electron chi connectivity index (χ0n) is 13.6. The highest BCUT2D eigenvalue weighted by molar-refractivity contribution is 9.10. The third-order valence-corrected chi connectivity index (χ3v) is 3.76. The normalized spacial score (nSPS) is 10.2. The van der Waals surface area contributed by atoms with E-state index in [0.717, 1.165) is 4.47 Å². The lowest BCUT2D eigenvalue weighted by Crippen LogP contribution is -2.43. The van der Waals surface area contributed by atoms with Crippen LogP contribution in [-0.2, 0) is 16.0 Å². The molecule has 9 heteroatoms. The van der Waals surface area contributed by atoms with E-state index in [1.165, 1.54) is 0 Å². The van der Waals surface area contributed by atoms with Gasteiger partial charge in [-0.15, -0.1) is 0 Å². The van der Waals surface area contributed by atoms with Crippen molar-refractivity contribution >= 4 is 33.7 Å². The number of nitrogens with zero attached hydrogens (tertiary/aromatic N) is 1. The van der Waals surface area contributed by atoms with Crippen LogP contribution in [0.25, 0.3) is 0 Å². The molecule has 0 aliphatic rings. The number of carbonyl (C=O) groups is 3. The van der Waals surface area contributed by atoms with Crippen LogP contribution < -0.4 is 10.9 Å². The molecule has 1 heterocycles. The van der Waals surface area contributed by atoms with Crippen LogP contribution in [-0.4, -0.2) is 29.5 Å². The predicted molar refractivity (Wildman–Crippen MR) is 90.7 cm³/mol. The Balaban J connectivity index is 1.82. The van der Waals surface area contributed by atoms with Crippen molar-refractivity contribution in [3.8, 4) is 0 Å². The number of esters is 1. The lowest BCUT2D eigenvalue weighted by Gasteiger charge is -2.08. The zero-order chi connectivity index (χ0) is 18.4. The number of nitrogens with one attached hydrogen (secondary N) is 2. The highest BCUT2D eigenvalue weighted by Crippen LogP contribution is 2.15. The minimum atomic E-state index is -0.704. The number of halogens is 1.